The minimum absolute atomic E-state index is 0.694. The van der Waals surface area contributed by atoms with Gasteiger partial charge in [0, 0.05) is 19.1 Å². The molecule has 1 aromatic carbocycles. The van der Waals surface area contributed by atoms with Crippen molar-refractivity contribution in [3.05, 3.63) is 35.9 Å². The third-order valence-corrected chi connectivity index (χ3v) is 3.94. The zero-order valence-electron chi connectivity index (χ0n) is 11.7. The van der Waals surface area contributed by atoms with Crippen LogP contribution in [0.5, 0.6) is 0 Å². The van der Waals surface area contributed by atoms with Crippen LogP contribution in [0.3, 0.4) is 0 Å². The number of nitrogens with one attached hydrogen (secondary N) is 1. The summed E-state index contributed by atoms with van der Waals surface area (Å²) in [5.74, 6) is 0.866. The molecule has 1 N–H and O–H groups in total. The molecule has 2 atom stereocenters. The van der Waals surface area contributed by atoms with Crippen molar-refractivity contribution in [2.24, 2.45) is 5.92 Å². The third kappa shape index (κ3) is 4.11. The second kappa shape index (κ2) is 6.91. The van der Waals surface area contributed by atoms with Crippen LogP contribution in [0.4, 0.5) is 0 Å². The summed E-state index contributed by atoms with van der Waals surface area (Å²) in [6.45, 7) is 9.25. The molecule has 1 fully saturated rings. The zero-order valence-corrected chi connectivity index (χ0v) is 11.7. The van der Waals surface area contributed by atoms with E-state index in [1.807, 2.05) is 0 Å². The minimum atomic E-state index is 0.694. The van der Waals surface area contributed by atoms with E-state index in [1.165, 1.54) is 31.5 Å². The smallest absolute Gasteiger partial charge is 0.0233 e. The van der Waals surface area contributed by atoms with Crippen molar-refractivity contribution in [1.29, 1.82) is 0 Å². The molecule has 1 saturated heterocycles. The van der Waals surface area contributed by atoms with Gasteiger partial charge in [0.05, 0.1) is 0 Å². The van der Waals surface area contributed by atoms with Crippen LogP contribution in [0, 0.1) is 5.92 Å². The molecule has 2 nitrogen and oxygen atoms in total. The summed E-state index contributed by atoms with van der Waals surface area (Å²) in [5.41, 5.74) is 1.43. The van der Waals surface area contributed by atoms with Crippen LogP contribution in [-0.4, -0.2) is 30.6 Å². The Balaban J connectivity index is 1.85. The van der Waals surface area contributed by atoms with Gasteiger partial charge in [0.2, 0.25) is 0 Å². The molecule has 0 bridgehead atoms. The molecular weight excluding hydrogens is 220 g/mol. The van der Waals surface area contributed by atoms with Gasteiger partial charge in [0.15, 0.2) is 0 Å². The SMILES string of the molecule is CCN(Cc1ccccc1)CC1CCNC(C)C1. The lowest BCUT2D eigenvalue weighted by molar-refractivity contribution is 0.192. The molecule has 0 amide bonds. The quantitative estimate of drug-likeness (QED) is 0.859. The lowest BCUT2D eigenvalue weighted by atomic mass is 9.92. The fourth-order valence-electron chi connectivity index (χ4n) is 2.91. The fraction of sp³-hybridized carbons (Fsp3) is 0.625. The molecule has 0 aromatic heterocycles. The lowest BCUT2D eigenvalue weighted by Gasteiger charge is -2.32. The summed E-state index contributed by atoms with van der Waals surface area (Å²) in [6, 6.07) is 11.5. The van der Waals surface area contributed by atoms with Gasteiger partial charge in [-0.3, -0.25) is 4.90 Å². The second-order valence-electron chi connectivity index (χ2n) is 5.56. The van der Waals surface area contributed by atoms with Gasteiger partial charge in [-0.2, -0.15) is 0 Å². The Morgan fingerprint density at radius 3 is 2.72 bits per heavy atom. The van der Waals surface area contributed by atoms with Crippen molar-refractivity contribution in [2.45, 2.75) is 39.3 Å². The predicted molar refractivity (Wildman–Crippen MR) is 77.6 cm³/mol. The molecule has 18 heavy (non-hydrogen) atoms. The molecule has 0 spiro atoms. The molecular formula is C16H26N2. The molecule has 1 aliphatic heterocycles. The first-order chi connectivity index (χ1) is 8.78. The van der Waals surface area contributed by atoms with E-state index in [4.69, 9.17) is 0 Å². The monoisotopic (exact) mass is 246 g/mol. The second-order valence-corrected chi connectivity index (χ2v) is 5.56. The number of benzene rings is 1. The number of rotatable bonds is 5. The molecule has 1 aliphatic rings. The Bertz CT molecular complexity index is 336. The summed E-state index contributed by atoms with van der Waals surface area (Å²) >= 11 is 0. The summed E-state index contributed by atoms with van der Waals surface area (Å²) in [7, 11) is 0. The van der Waals surface area contributed by atoms with Crippen LogP contribution in [0.2, 0.25) is 0 Å². The van der Waals surface area contributed by atoms with E-state index in [-0.39, 0.29) is 0 Å². The van der Waals surface area contributed by atoms with E-state index in [9.17, 15) is 0 Å². The van der Waals surface area contributed by atoms with Gasteiger partial charge in [-0.15, -0.1) is 0 Å². The Morgan fingerprint density at radius 2 is 2.06 bits per heavy atom. The topological polar surface area (TPSA) is 15.3 Å². The van der Waals surface area contributed by atoms with E-state index in [0.29, 0.717) is 6.04 Å². The zero-order chi connectivity index (χ0) is 12.8. The van der Waals surface area contributed by atoms with Crippen molar-refractivity contribution < 1.29 is 0 Å². The van der Waals surface area contributed by atoms with E-state index in [0.717, 1.165) is 19.0 Å². The first kappa shape index (κ1) is 13.6. The van der Waals surface area contributed by atoms with Gasteiger partial charge in [0.25, 0.3) is 0 Å². The van der Waals surface area contributed by atoms with E-state index in [1.54, 1.807) is 0 Å². The molecule has 0 radical (unpaired) electrons. The van der Waals surface area contributed by atoms with Gasteiger partial charge in [0.1, 0.15) is 0 Å². The largest absolute Gasteiger partial charge is 0.314 e. The van der Waals surface area contributed by atoms with Crippen molar-refractivity contribution in [3.63, 3.8) is 0 Å². The lowest BCUT2D eigenvalue weighted by Crippen LogP contribution is -2.40. The maximum atomic E-state index is 3.53. The van der Waals surface area contributed by atoms with E-state index in [2.05, 4.69) is 54.4 Å². The summed E-state index contributed by atoms with van der Waals surface area (Å²) < 4.78 is 0. The van der Waals surface area contributed by atoms with Crippen LogP contribution in [-0.2, 0) is 6.54 Å². The molecule has 2 rings (SSSR count). The third-order valence-electron chi connectivity index (χ3n) is 3.94. The predicted octanol–water partition coefficient (Wildman–Crippen LogP) is 2.90. The highest BCUT2D eigenvalue weighted by Gasteiger charge is 2.20. The number of piperidine rings is 1. The Hall–Kier alpha value is -0.860. The highest BCUT2D eigenvalue weighted by atomic mass is 15.1. The average Bonchev–Trinajstić information content (AvgIpc) is 2.39. The maximum Gasteiger partial charge on any atom is 0.0233 e. The summed E-state index contributed by atoms with van der Waals surface area (Å²) in [6.07, 6.45) is 2.65. The Kier molecular flexibility index (Phi) is 5.21. The molecule has 1 aromatic rings. The van der Waals surface area contributed by atoms with Crippen LogP contribution < -0.4 is 5.32 Å². The van der Waals surface area contributed by atoms with Crippen LogP contribution in [0.1, 0.15) is 32.3 Å². The first-order valence-corrected chi connectivity index (χ1v) is 7.27. The highest BCUT2D eigenvalue weighted by Crippen LogP contribution is 2.18. The first-order valence-electron chi connectivity index (χ1n) is 7.27. The molecule has 0 aliphatic carbocycles. The van der Waals surface area contributed by atoms with Crippen molar-refractivity contribution in [3.8, 4) is 0 Å². The molecule has 2 heteroatoms. The van der Waals surface area contributed by atoms with Gasteiger partial charge in [-0.1, -0.05) is 37.3 Å². The van der Waals surface area contributed by atoms with Crippen LogP contribution >= 0.6 is 0 Å². The number of nitrogens with zero attached hydrogens (tertiary/aromatic N) is 1. The molecule has 100 valence electrons. The van der Waals surface area contributed by atoms with E-state index < -0.39 is 0 Å². The number of hydrogen-bond donors (Lipinski definition) is 1. The van der Waals surface area contributed by atoms with Gasteiger partial charge < -0.3 is 5.32 Å². The van der Waals surface area contributed by atoms with Gasteiger partial charge in [-0.25, -0.2) is 0 Å². The van der Waals surface area contributed by atoms with Crippen LogP contribution in [0.15, 0.2) is 30.3 Å². The minimum Gasteiger partial charge on any atom is -0.314 e. The Morgan fingerprint density at radius 1 is 1.28 bits per heavy atom. The standard InChI is InChI=1S/C16H26N2/c1-3-18(12-15-7-5-4-6-8-15)13-16-9-10-17-14(2)11-16/h4-8,14,16-17H,3,9-13H2,1-2H3. The van der Waals surface area contributed by atoms with Crippen molar-refractivity contribution in [2.75, 3.05) is 19.6 Å². The van der Waals surface area contributed by atoms with Gasteiger partial charge in [-0.05, 0) is 44.3 Å². The number of hydrogen-bond acceptors (Lipinski definition) is 2. The molecule has 1 heterocycles. The van der Waals surface area contributed by atoms with Crippen LogP contribution in [0.25, 0.3) is 0 Å². The van der Waals surface area contributed by atoms with Gasteiger partial charge >= 0.3 is 0 Å². The summed E-state index contributed by atoms with van der Waals surface area (Å²) in [5, 5.41) is 3.53. The average molecular weight is 246 g/mol. The molecule has 0 saturated carbocycles. The maximum absolute atomic E-state index is 3.53. The highest BCUT2D eigenvalue weighted by molar-refractivity contribution is 5.14. The van der Waals surface area contributed by atoms with Crippen molar-refractivity contribution in [1.82, 2.24) is 10.2 Å². The Labute approximate surface area is 111 Å². The summed E-state index contributed by atoms with van der Waals surface area (Å²) in [4.78, 5) is 2.58. The fourth-order valence-corrected chi connectivity index (χ4v) is 2.91. The molecule has 2 unspecified atom stereocenters. The van der Waals surface area contributed by atoms with Crippen molar-refractivity contribution >= 4 is 0 Å². The normalized spacial score (nSPS) is 24.4. The van der Waals surface area contributed by atoms with E-state index >= 15 is 0 Å².